The maximum absolute atomic E-state index is 12.2. The van der Waals surface area contributed by atoms with Crippen molar-refractivity contribution < 1.29 is 19.4 Å². The molecule has 8 heteroatoms. The summed E-state index contributed by atoms with van der Waals surface area (Å²) >= 11 is 1.29. The molecule has 3 aromatic rings. The molecule has 1 aromatic carbocycles. The van der Waals surface area contributed by atoms with E-state index in [1.165, 1.54) is 11.3 Å². The van der Waals surface area contributed by atoms with E-state index in [1.54, 1.807) is 33.1 Å². The maximum Gasteiger partial charge on any atom is 0.348 e. The Morgan fingerprint density at radius 1 is 1.25 bits per heavy atom. The molecule has 0 spiro atoms. The first-order valence-corrected chi connectivity index (χ1v) is 9.77. The Bertz CT molecular complexity index is 985. The molecule has 28 heavy (non-hydrogen) atoms. The number of nitrogens with one attached hydrogen (secondary N) is 1. The van der Waals surface area contributed by atoms with E-state index in [0.717, 1.165) is 27.1 Å². The van der Waals surface area contributed by atoms with Crippen molar-refractivity contribution in [1.29, 1.82) is 0 Å². The third kappa shape index (κ3) is 4.07. The molecule has 148 valence electrons. The van der Waals surface area contributed by atoms with Gasteiger partial charge in [0.1, 0.15) is 27.1 Å². The Labute approximate surface area is 167 Å². The molecule has 0 radical (unpaired) electrons. The van der Waals surface area contributed by atoms with Gasteiger partial charge in [0.15, 0.2) is 0 Å². The number of rotatable bonds is 7. The number of methoxy groups -OCH3 is 1. The second-order valence-electron chi connectivity index (χ2n) is 6.25. The van der Waals surface area contributed by atoms with Crippen LogP contribution in [0.15, 0.2) is 24.3 Å². The number of fused-ring (bicyclic) bond motifs is 1. The van der Waals surface area contributed by atoms with E-state index in [9.17, 15) is 9.90 Å². The summed E-state index contributed by atoms with van der Waals surface area (Å²) in [7, 11) is 1.60. The fourth-order valence-corrected chi connectivity index (χ4v) is 4.02. The SMILES string of the molecule is CCOC(=O)c1sc2nc(C)nc(NCC(O)c3ccc(OC)cc3)c2c1C. The number of aromatic nitrogens is 2. The van der Waals surface area contributed by atoms with Crippen LogP contribution >= 0.6 is 11.3 Å². The van der Waals surface area contributed by atoms with E-state index in [-0.39, 0.29) is 12.5 Å². The highest BCUT2D eigenvalue weighted by Gasteiger charge is 2.21. The number of aryl methyl sites for hydroxylation is 2. The van der Waals surface area contributed by atoms with Crippen molar-refractivity contribution in [3.8, 4) is 5.75 Å². The molecule has 0 saturated carbocycles. The zero-order chi connectivity index (χ0) is 20.3. The highest BCUT2D eigenvalue weighted by molar-refractivity contribution is 7.20. The minimum atomic E-state index is -0.723. The van der Waals surface area contributed by atoms with Crippen LogP contribution in [0.3, 0.4) is 0 Å². The molecule has 0 amide bonds. The Morgan fingerprint density at radius 2 is 1.96 bits per heavy atom. The number of nitrogens with zero attached hydrogens (tertiary/aromatic N) is 2. The van der Waals surface area contributed by atoms with Gasteiger partial charge in [0.05, 0.1) is 25.2 Å². The Kier molecular flexibility index (Phi) is 6.11. The predicted molar refractivity (Wildman–Crippen MR) is 109 cm³/mol. The van der Waals surface area contributed by atoms with Crippen LogP contribution in [-0.4, -0.2) is 41.3 Å². The molecule has 0 aliphatic rings. The Morgan fingerprint density at radius 3 is 2.61 bits per heavy atom. The average molecular weight is 401 g/mol. The van der Waals surface area contributed by atoms with Gasteiger partial charge in [0.25, 0.3) is 0 Å². The number of aliphatic hydroxyl groups excluding tert-OH is 1. The van der Waals surface area contributed by atoms with E-state index in [4.69, 9.17) is 9.47 Å². The first-order valence-electron chi connectivity index (χ1n) is 8.95. The lowest BCUT2D eigenvalue weighted by Gasteiger charge is -2.14. The first kappa shape index (κ1) is 20.0. The molecule has 2 N–H and O–H groups in total. The lowest BCUT2D eigenvalue weighted by atomic mass is 10.1. The smallest absolute Gasteiger partial charge is 0.348 e. The fourth-order valence-electron chi connectivity index (χ4n) is 2.90. The van der Waals surface area contributed by atoms with Crippen LogP contribution in [0.25, 0.3) is 10.2 Å². The van der Waals surface area contributed by atoms with Crippen molar-refractivity contribution in [1.82, 2.24) is 9.97 Å². The molecule has 0 aliphatic heterocycles. The van der Waals surface area contributed by atoms with Gasteiger partial charge in [0, 0.05) is 6.54 Å². The Hall–Kier alpha value is -2.71. The minimum Gasteiger partial charge on any atom is -0.497 e. The lowest BCUT2D eigenvalue weighted by molar-refractivity contribution is 0.0531. The summed E-state index contributed by atoms with van der Waals surface area (Å²) in [4.78, 5) is 22.4. The molecular weight excluding hydrogens is 378 g/mol. The van der Waals surface area contributed by atoms with Crippen LogP contribution in [0.5, 0.6) is 5.75 Å². The number of hydrogen-bond donors (Lipinski definition) is 2. The number of aliphatic hydroxyl groups is 1. The van der Waals surface area contributed by atoms with Crippen LogP contribution in [0.1, 0.15) is 39.7 Å². The van der Waals surface area contributed by atoms with Crippen molar-refractivity contribution >= 4 is 33.3 Å². The lowest BCUT2D eigenvalue weighted by Crippen LogP contribution is -2.14. The summed E-state index contributed by atoms with van der Waals surface area (Å²) in [5.74, 6) is 1.56. The van der Waals surface area contributed by atoms with Crippen molar-refractivity contribution in [3.63, 3.8) is 0 Å². The second-order valence-corrected chi connectivity index (χ2v) is 7.25. The van der Waals surface area contributed by atoms with Gasteiger partial charge in [0.2, 0.25) is 0 Å². The number of anilines is 1. The summed E-state index contributed by atoms with van der Waals surface area (Å²) < 4.78 is 10.3. The molecule has 0 bridgehead atoms. The van der Waals surface area contributed by atoms with Gasteiger partial charge in [-0.25, -0.2) is 14.8 Å². The molecule has 0 aliphatic carbocycles. The number of ether oxygens (including phenoxy) is 2. The molecule has 0 saturated heterocycles. The number of benzene rings is 1. The third-order valence-electron chi connectivity index (χ3n) is 4.33. The maximum atomic E-state index is 12.2. The van der Waals surface area contributed by atoms with E-state index in [2.05, 4.69) is 15.3 Å². The summed E-state index contributed by atoms with van der Waals surface area (Å²) in [5.41, 5.74) is 1.55. The van der Waals surface area contributed by atoms with E-state index >= 15 is 0 Å². The quantitative estimate of drug-likeness (QED) is 0.584. The normalized spacial score (nSPS) is 12.0. The highest BCUT2D eigenvalue weighted by atomic mass is 32.1. The van der Waals surface area contributed by atoms with Gasteiger partial charge in [-0.1, -0.05) is 12.1 Å². The van der Waals surface area contributed by atoms with Crippen LogP contribution in [0.4, 0.5) is 5.82 Å². The Balaban J connectivity index is 1.86. The van der Waals surface area contributed by atoms with Crippen LogP contribution < -0.4 is 10.1 Å². The molecule has 2 heterocycles. The van der Waals surface area contributed by atoms with Crippen LogP contribution in [0.2, 0.25) is 0 Å². The second kappa shape index (κ2) is 8.53. The zero-order valence-corrected chi connectivity index (χ0v) is 17.1. The van der Waals surface area contributed by atoms with Crippen molar-refractivity contribution in [3.05, 3.63) is 46.1 Å². The van der Waals surface area contributed by atoms with Gasteiger partial charge in [-0.3, -0.25) is 0 Å². The standard InChI is InChI=1S/C20H23N3O4S/c1-5-27-20(25)17-11(2)16-18(22-12(3)23-19(16)28-17)21-10-15(24)13-6-8-14(26-4)9-7-13/h6-9,15,24H,5,10H2,1-4H3,(H,21,22,23). The van der Waals surface area contributed by atoms with Gasteiger partial charge in [-0.2, -0.15) is 0 Å². The summed E-state index contributed by atoms with van der Waals surface area (Å²) in [5, 5.41) is 14.5. The number of carbonyl (C=O) groups is 1. The molecule has 1 unspecified atom stereocenters. The molecule has 7 nitrogen and oxygen atoms in total. The average Bonchev–Trinajstić information content (AvgIpc) is 3.02. The van der Waals surface area contributed by atoms with E-state index in [1.807, 2.05) is 19.1 Å². The highest BCUT2D eigenvalue weighted by Crippen LogP contribution is 2.34. The fraction of sp³-hybridized carbons (Fsp3) is 0.350. The summed E-state index contributed by atoms with van der Waals surface area (Å²) in [6, 6.07) is 7.25. The minimum absolute atomic E-state index is 0.266. The number of esters is 1. The predicted octanol–water partition coefficient (Wildman–Crippen LogP) is 3.64. The monoisotopic (exact) mass is 401 g/mol. The summed E-state index contributed by atoms with van der Waals surface area (Å²) in [6.07, 6.45) is -0.723. The molecule has 1 atom stereocenters. The topological polar surface area (TPSA) is 93.6 Å². The van der Waals surface area contributed by atoms with Gasteiger partial charge in [-0.05, 0) is 44.0 Å². The number of thiophene rings is 1. The van der Waals surface area contributed by atoms with Crippen molar-refractivity contribution in [2.24, 2.45) is 0 Å². The van der Waals surface area contributed by atoms with E-state index in [0.29, 0.717) is 23.1 Å². The zero-order valence-electron chi connectivity index (χ0n) is 16.3. The molecule has 2 aromatic heterocycles. The number of carbonyl (C=O) groups excluding carboxylic acids is 1. The van der Waals surface area contributed by atoms with Gasteiger partial charge in [-0.15, -0.1) is 11.3 Å². The van der Waals surface area contributed by atoms with Crippen molar-refractivity contribution in [2.45, 2.75) is 26.9 Å². The largest absolute Gasteiger partial charge is 0.497 e. The molecule has 3 rings (SSSR count). The third-order valence-corrected chi connectivity index (χ3v) is 5.49. The molecular formula is C20H23N3O4S. The first-order chi connectivity index (χ1) is 13.4. The van der Waals surface area contributed by atoms with Gasteiger partial charge >= 0.3 is 5.97 Å². The number of hydrogen-bond acceptors (Lipinski definition) is 8. The molecule has 0 fully saturated rings. The van der Waals surface area contributed by atoms with Gasteiger partial charge < -0.3 is 19.9 Å². The van der Waals surface area contributed by atoms with Crippen LogP contribution in [0, 0.1) is 13.8 Å². The van der Waals surface area contributed by atoms with Crippen LogP contribution in [-0.2, 0) is 4.74 Å². The van der Waals surface area contributed by atoms with E-state index < -0.39 is 6.10 Å². The van der Waals surface area contributed by atoms with Crippen molar-refractivity contribution in [2.75, 3.05) is 25.6 Å². The summed E-state index contributed by atoms with van der Waals surface area (Å²) in [6.45, 7) is 6.01.